The topological polar surface area (TPSA) is 64.9 Å². The third kappa shape index (κ3) is 6.15. The fraction of sp³-hybridized carbons (Fsp3) is 0.857. The molecule has 0 aromatic carbocycles. The summed E-state index contributed by atoms with van der Waals surface area (Å²) in [6, 6.07) is 0.0865. The average molecular weight is 253 g/mol. The molecule has 0 spiro atoms. The number of hydrogen-bond donors (Lipinski definition) is 1. The SMILES string of the molecule is CC(C)CCc1noc(CC(N)CC(C)(C)C)n1. The lowest BCUT2D eigenvalue weighted by molar-refractivity contribution is 0.312. The lowest BCUT2D eigenvalue weighted by Crippen LogP contribution is -2.28. The van der Waals surface area contributed by atoms with Crippen LogP contribution in [0.25, 0.3) is 0 Å². The van der Waals surface area contributed by atoms with Gasteiger partial charge in [-0.2, -0.15) is 4.98 Å². The molecular formula is C14H27N3O. The molecule has 0 radical (unpaired) electrons. The molecule has 18 heavy (non-hydrogen) atoms. The monoisotopic (exact) mass is 253 g/mol. The molecule has 0 amide bonds. The van der Waals surface area contributed by atoms with Gasteiger partial charge in [-0.05, 0) is 24.2 Å². The Morgan fingerprint density at radius 3 is 2.50 bits per heavy atom. The minimum Gasteiger partial charge on any atom is -0.339 e. The van der Waals surface area contributed by atoms with Crippen LogP contribution in [-0.2, 0) is 12.8 Å². The third-order valence-corrected chi connectivity index (χ3v) is 2.77. The predicted octanol–water partition coefficient (Wildman–Crippen LogP) is 2.96. The van der Waals surface area contributed by atoms with Gasteiger partial charge in [0.15, 0.2) is 5.82 Å². The van der Waals surface area contributed by atoms with Gasteiger partial charge in [-0.25, -0.2) is 0 Å². The first kappa shape index (κ1) is 15.2. The van der Waals surface area contributed by atoms with Gasteiger partial charge in [0.2, 0.25) is 5.89 Å². The second-order valence-corrected chi connectivity index (χ2v) is 6.77. The normalized spacial score (nSPS) is 14.2. The summed E-state index contributed by atoms with van der Waals surface area (Å²) in [5.41, 5.74) is 6.33. The Kier molecular flexibility index (Phi) is 5.32. The van der Waals surface area contributed by atoms with E-state index < -0.39 is 0 Å². The van der Waals surface area contributed by atoms with Crippen LogP contribution in [0.1, 0.15) is 59.2 Å². The second-order valence-electron chi connectivity index (χ2n) is 6.77. The van der Waals surface area contributed by atoms with E-state index in [1.54, 1.807) is 0 Å². The molecule has 0 fully saturated rings. The summed E-state index contributed by atoms with van der Waals surface area (Å²) in [6.45, 7) is 11.0. The molecule has 1 unspecified atom stereocenters. The Balaban J connectivity index is 2.43. The van der Waals surface area contributed by atoms with Crippen LogP contribution in [0, 0.1) is 11.3 Å². The predicted molar refractivity (Wildman–Crippen MR) is 73.2 cm³/mol. The molecule has 1 aromatic heterocycles. The average Bonchev–Trinajstić information content (AvgIpc) is 2.59. The van der Waals surface area contributed by atoms with Gasteiger partial charge in [0.25, 0.3) is 0 Å². The first-order chi connectivity index (χ1) is 8.26. The lowest BCUT2D eigenvalue weighted by atomic mass is 9.87. The van der Waals surface area contributed by atoms with Crippen molar-refractivity contribution in [1.29, 1.82) is 0 Å². The van der Waals surface area contributed by atoms with Crippen LogP contribution in [0.4, 0.5) is 0 Å². The number of aromatic nitrogens is 2. The molecule has 1 aromatic rings. The molecule has 4 heteroatoms. The Labute approximate surface area is 110 Å². The molecule has 1 atom stereocenters. The van der Waals surface area contributed by atoms with Crippen molar-refractivity contribution in [2.45, 2.75) is 66.3 Å². The van der Waals surface area contributed by atoms with Crippen LogP contribution >= 0.6 is 0 Å². The fourth-order valence-electron chi connectivity index (χ4n) is 1.98. The molecule has 1 heterocycles. The van der Waals surface area contributed by atoms with E-state index in [9.17, 15) is 0 Å². The van der Waals surface area contributed by atoms with E-state index in [0.717, 1.165) is 25.1 Å². The van der Waals surface area contributed by atoms with Crippen molar-refractivity contribution in [3.63, 3.8) is 0 Å². The molecule has 0 aliphatic heterocycles. The van der Waals surface area contributed by atoms with Crippen molar-refractivity contribution in [3.05, 3.63) is 11.7 Å². The van der Waals surface area contributed by atoms with Gasteiger partial charge in [-0.3, -0.25) is 0 Å². The quantitative estimate of drug-likeness (QED) is 0.846. The van der Waals surface area contributed by atoms with Crippen LogP contribution in [0.5, 0.6) is 0 Å². The minimum absolute atomic E-state index is 0.0865. The molecule has 0 bridgehead atoms. The summed E-state index contributed by atoms with van der Waals surface area (Å²) in [5, 5.41) is 4.00. The summed E-state index contributed by atoms with van der Waals surface area (Å²) in [6.07, 6.45) is 3.60. The van der Waals surface area contributed by atoms with Gasteiger partial charge in [-0.1, -0.05) is 39.8 Å². The zero-order valence-electron chi connectivity index (χ0n) is 12.4. The highest BCUT2D eigenvalue weighted by Gasteiger charge is 2.18. The van der Waals surface area contributed by atoms with E-state index in [-0.39, 0.29) is 11.5 Å². The van der Waals surface area contributed by atoms with Crippen molar-refractivity contribution in [3.8, 4) is 0 Å². The Hall–Kier alpha value is -0.900. The van der Waals surface area contributed by atoms with Crippen molar-refractivity contribution in [2.75, 3.05) is 0 Å². The highest BCUT2D eigenvalue weighted by Crippen LogP contribution is 2.21. The lowest BCUT2D eigenvalue weighted by Gasteiger charge is -2.21. The Morgan fingerprint density at radius 1 is 1.28 bits per heavy atom. The number of aryl methyl sites for hydroxylation is 1. The maximum Gasteiger partial charge on any atom is 0.228 e. The zero-order chi connectivity index (χ0) is 13.8. The van der Waals surface area contributed by atoms with E-state index in [1.165, 1.54) is 0 Å². The van der Waals surface area contributed by atoms with Gasteiger partial charge >= 0.3 is 0 Å². The third-order valence-electron chi connectivity index (χ3n) is 2.77. The fourth-order valence-corrected chi connectivity index (χ4v) is 1.98. The van der Waals surface area contributed by atoms with E-state index in [0.29, 0.717) is 18.2 Å². The summed E-state index contributed by atoms with van der Waals surface area (Å²) in [4.78, 5) is 4.39. The smallest absolute Gasteiger partial charge is 0.228 e. The molecule has 2 N–H and O–H groups in total. The van der Waals surface area contributed by atoms with E-state index in [2.05, 4.69) is 44.8 Å². The van der Waals surface area contributed by atoms with Crippen LogP contribution in [0.2, 0.25) is 0 Å². The highest BCUT2D eigenvalue weighted by molar-refractivity contribution is 4.90. The summed E-state index contributed by atoms with van der Waals surface area (Å²) >= 11 is 0. The highest BCUT2D eigenvalue weighted by atomic mass is 16.5. The standard InChI is InChI=1S/C14H27N3O/c1-10(2)6-7-12-16-13(18-17-12)8-11(15)9-14(3,4)5/h10-11H,6-9,15H2,1-5H3. The number of nitrogens with zero attached hydrogens (tertiary/aromatic N) is 2. The maximum absolute atomic E-state index is 6.10. The van der Waals surface area contributed by atoms with Crippen molar-refractivity contribution in [1.82, 2.24) is 10.1 Å². The van der Waals surface area contributed by atoms with E-state index in [1.807, 2.05) is 0 Å². The summed E-state index contributed by atoms with van der Waals surface area (Å²) in [5.74, 6) is 2.14. The van der Waals surface area contributed by atoms with Crippen molar-refractivity contribution < 1.29 is 4.52 Å². The molecule has 0 saturated carbocycles. The Morgan fingerprint density at radius 2 is 1.94 bits per heavy atom. The van der Waals surface area contributed by atoms with Crippen molar-refractivity contribution >= 4 is 0 Å². The zero-order valence-corrected chi connectivity index (χ0v) is 12.4. The van der Waals surface area contributed by atoms with Gasteiger partial charge in [-0.15, -0.1) is 0 Å². The second kappa shape index (κ2) is 6.32. The van der Waals surface area contributed by atoms with E-state index in [4.69, 9.17) is 10.3 Å². The van der Waals surface area contributed by atoms with Gasteiger partial charge in [0.05, 0.1) is 0 Å². The summed E-state index contributed by atoms with van der Waals surface area (Å²) in [7, 11) is 0. The van der Waals surface area contributed by atoms with Crippen molar-refractivity contribution in [2.24, 2.45) is 17.1 Å². The van der Waals surface area contributed by atoms with Gasteiger partial charge in [0, 0.05) is 18.9 Å². The van der Waals surface area contributed by atoms with Gasteiger partial charge < -0.3 is 10.3 Å². The van der Waals surface area contributed by atoms with Crippen LogP contribution in [-0.4, -0.2) is 16.2 Å². The molecule has 0 saturated heterocycles. The molecule has 0 aliphatic rings. The maximum atomic E-state index is 6.10. The first-order valence-corrected chi connectivity index (χ1v) is 6.83. The number of hydrogen-bond acceptors (Lipinski definition) is 4. The summed E-state index contributed by atoms with van der Waals surface area (Å²) < 4.78 is 5.24. The number of nitrogens with two attached hydrogens (primary N) is 1. The first-order valence-electron chi connectivity index (χ1n) is 6.83. The van der Waals surface area contributed by atoms with Crippen LogP contribution in [0.15, 0.2) is 4.52 Å². The molecule has 4 nitrogen and oxygen atoms in total. The molecular weight excluding hydrogens is 226 g/mol. The molecule has 1 rings (SSSR count). The largest absolute Gasteiger partial charge is 0.339 e. The molecule has 104 valence electrons. The van der Waals surface area contributed by atoms with Crippen LogP contribution in [0.3, 0.4) is 0 Å². The Bertz CT molecular complexity index is 352. The minimum atomic E-state index is 0.0865. The number of rotatable bonds is 6. The molecule has 0 aliphatic carbocycles. The van der Waals surface area contributed by atoms with E-state index >= 15 is 0 Å². The van der Waals surface area contributed by atoms with Gasteiger partial charge in [0.1, 0.15) is 0 Å². The van der Waals surface area contributed by atoms with Crippen LogP contribution < -0.4 is 5.73 Å².